The van der Waals surface area contributed by atoms with Crippen molar-refractivity contribution in [2.45, 2.75) is 25.4 Å². The van der Waals surface area contributed by atoms with Crippen LogP contribution >= 0.6 is 0 Å². The van der Waals surface area contributed by atoms with Crippen molar-refractivity contribution in [1.29, 1.82) is 0 Å². The Morgan fingerprint density at radius 1 is 1.00 bits per heavy atom. The van der Waals surface area contributed by atoms with Crippen LogP contribution < -0.4 is 5.32 Å². The van der Waals surface area contributed by atoms with Crippen LogP contribution in [0.25, 0.3) is 0 Å². The molecule has 1 atom stereocenters. The second kappa shape index (κ2) is 5.45. The van der Waals surface area contributed by atoms with Gasteiger partial charge in [-0.2, -0.15) is 0 Å². The lowest BCUT2D eigenvalue weighted by Crippen LogP contribution is -2.22. The maximum absolute atomic E-state index is 9.81. The van der Waals surface area contributed by atoms with Gasteiger partial charge in [-0.25, -0.2) is 0 Å². The van der Waals surface area contributed by atoms with Crippen LogP contribution in [0.5, 0.6) is 5.75 Å². The highest BCUT2D eigenvalue weighted by atomic mass is 16.3. The lowest BCUT2D eigenvalue weighted by Gasteiger charge is -2.19. The molecule has 0 heterocycles. The van der Waals surface area contributed by atoms with Gasteiger partial charge in [0.05, 0.1) is 0 Å². The molecule has 1 fully saturated rings. The van der Waals surface area contributed by atoms with Gasteiger partial charge in [-0.1, -0.05) is 48.5 Å². The summed E-state index contributed by atoms with van der Waals surface area (Å²) in [6.45, 7) is 0.711. The van der Waals surface area contributed by atoms with Gasteiger partial charge in [0.15, 0.2) is 0 Å². The average molecular weight is 253 g/mol. The van der Waals surface area contributed by atoms with E-state index in [1.54, 1.807) is 6.07 Å². The third-order valence-electron chi connectivity index (χ3n) is 3.76. The van der Waals surface area contributed by atoms with Gasteiger partial charge in [-0.15, -0.1) is 0 Å². The van der Waals surface area contributed by atoms with Gasteiger partial charge in [0.1, 0.15) is 5.75 Å². The molecule has 1 aliphatic rings. The van der Waals surface area contributed by atoms with Gasteiger partial charge in [-0.3, -0.25) is 0 Å². The number of hydrogen-bond donors (Lipinski definition) is 2. The van der Waals surface area contributed by atoms with Crippen LogP contribution in [-0.4, -0.2) is 5.11 Å². The van der Waals surface area contributed by atoms with E-state index in [0.29, 0.717) is 18.3 Å². The summed E-state index contributed by atoms with van der Waals surface area (Å²) in [6.07, 6.45) is 2.60. The third kappa shape index (κ3) is 2.96. The van der Waals surface area contributed by atoms with E-state index in [2.05, 4.69) is 35.6 Å². The largest absolute Gasteiger partial charge is 0.508 e. The van der Waals surface area contributed by atoms with E-state index in [9.17, 15) is 5.11 Å². The van der Waals surface area contributed by atoms with E-state index in [4.69, 9.17) is 0 Å². The highest BCUT2D eigenvalue weighted by Crippen LogP contribution is 2.41. The zero-order chi connectivity index (χ0) is 13.1. The van der Waals surface area contributed by atoms with Crippen LogP contribution in [0.15, 0.2) is 54.6 Å². The summed E-state index contributed by atoms with van der Waals surface area (Å²) in [6, 6.07) is 18.5. The highest BCUT2D eigenvalue weighted by Gasteiger charge is 2.31. The molecule has 0 radical (unpaired) electrons. The van der Waals surface area contributed by atoms with Crippen molar-refractivity contribution in [3.63, 3.8) is 0 Å². The first kappa shape index (κ1) is 12.2. The lowest BCUT2D eigenvalue weighted by molar-refractivity contribution is 0.445. The molecule has 2 heteroatoms. The van der Waals surface area contributed by atoms with Gasteiger partial charge < -0.3 is 10.4 Å². The number of benzene rings is 2. The fourth-order valence-corrected chi connectivity index (χ4v) is 2.53. The van der Waals surface area contributed by atoms with Gasteiger partial charge >= 0.3 is 0 Å². The van der Waals surface area contributed by atoms with Crippen LogP contribution in [0.3, 0.4) is 0 Å². The van der Waals surface area contributed by atoms with Crippen LogP contribution in [0.4, 0.5) is 0 Å². The molecule has 1 unspecified atom stereocenters. The first-order valence-electron chi connectivity index (χ1n) is 6.90. The van der Waals surface area contributed by atoms with Crippen molar-refractivity contribution >= 4 is 0 Å². The molecule has 2 aromatic carbocycles. The SMILES string of the molecule is Oc1ccccc1CNC(c1ccccc1)C1CC1. The van der Waals surface area contributed by atoms with Crippen LogP contribution in [-0.2, 0) is 6.54 Å². The number of hydrogen-bond acceptors (Lipinski definition) is 2. The summed E-state index contributed by atoms with van der Waals surface area (Å²) in [5.41, 5.74) is 2.31. The maximum Gasteiger partial charge on any atom is 0.120 e. The van der Waals surface area contributed by atoms with Crippen molar-refractivity contribution in [3.05, 3.63) is 65.7 Å². The third-order valence-corrected chi connectivity index (χ3v) is 3.76. The summed E-state index contributed by atoms with van der Waals surface area (Å²) in [4.78, 5) is 0. The normalized spacial score (nSPS) is 16.2. The Kier molecular flexibility index (Phi) is 3.51. The zero-order valence-electron chi connectivity index (χ0n) is 10.9. The molecule has 2 nitrogen and oxygen atoms in total. The van der Waals surface area contributed by atoms with E-state index in [0.717, 1.165) is 11.5 Å². The molecule has 2 aromatic rings. The minimum absolute atomic E-state index is 0.373. The van der Waals surface area contributed by atoms with Gasteiger partial charge in [0.25, 0.3) is 0 Å². The van der Waals surface area contributed by atoms with E-state index in [-0.39, 0.29) is 0 Å². The maximum atomic E-state index is 9.81. The molecule has 3 rings (SSSR count). The Balaban J connectivity index is 1.71. The summed E-state index contributed by atoms with van der Waals surface area (Å²) in [5, 5.41) is 13.4. The Labute approximate surface area is 114 Å². The molecule has 1 saturated carbocycles. The first-order chi connectivity index (χ1) is 9.34. The molecule has 1 aliphatic carbocycles. The Hall–Kier alpha value is -1.80. The molecule has 0 amide bonds. The fraction of sp³-hybridized carbons (Fsp3) is 0.294. The monoisotopic (exact) mass is 253 g/mol. The fourth-order valence-electron chi connectivity index (χ4n) is 2.53. The van der Waals surface area contributed by atoms with Crippen LogP contribution in [0, 0.1) is 5.92 Å². The second-order valence-corrected chi connectivity index (χ2v) is 5.24. The molecular formula is C17H19NO. The first-order valence-corrected chi connectivity index (χ1v) is 6.90. The topological polar surface area (TPSA) is 32.3 Å². The second-order valence-electron chi connectivity index (χ2n) is 5.24. The van der Waals surface area contributed by atoms with Gasteiger partial charge in [0.2, 0.25) is 0 Å². The van der Waals surface area contributed by atoms with Crippen molar-refractivity contribution in [2.24, 2.45) is 5.92 Å². The Morgan fingerprint density at radius 3 is 2.37 bits per heavy atom. The molecule has 0 bridgehead atoms. The molecule has 19 heavy (non-hydrogen) atoms. The lowest BCUT2D eigenvalue weighted by atomic mass is 10.0. The molecule has 0 aromatic heterocycles. The quantitative estimate of drug-likeness (QED) is 0.852. The van der Waals surface area contributed by atoms with Crippen molar-refractivity contribution in [2.75, 3.05) is 0 Å². The van der Waals surface area contributed by atoms with Crippen LogP contribution in [0.2, 0.25) is 0 Å². The van der Waals surface area contributed by atoms with E-state index < -0.39 is 0 Å². The Morgan fingerprint density at radius 2 is 1.68 bits per heavy atom. The molecule has 98 valence electrons. The summed E-state index contributed by atoms with van der Waals surface area (Å²) in [7, 11) is 0. The highest BCUT2D eigenvalue weighted by molar-refractivity contribution is 5.32. The summed E-state index contributed by atoms with van der Waals surface area (Å²) in [5.74, 6) is 1.12. The predicted octanol–water partition coefficient (Wildman–Crippen LogP) is 3.63. The molecule has 0 aliphatic heterocycles. The van der Waals surface area contributed by atoms with E-state index in [1.165, 1.54) is 18.4 Å². The number of rotatable bonds is 5. The van der Waals surface area contributed by atoms with Crippen molar-refractivity contribution in [3.8, 4) is 5.75 Å². The van der Waals surface area contributed by atoms with Gasteiger partial charge in [-0.05, 0) is 30.4 Å². The molecule has 0 spiro atoms. The van der Waals surface area contributed by atoms with E-state index in [1.807, 2.05) is 18.2 Å². The predicted molar refractivity (Wildman–Crippen MR) is 76.9 cm³/mol. The number of aromatic hydroxyl groups is 1. The minimum Gasteiger partial charge on any atom is -0.508 e. The van der Waals surface area contributed by atoms with Crippen molar-refractivity contribution in [1.82, 2.24) is 5.32 Å². The Bertz CT molecular complexity index is 534. The average Bonchev–Trinajstić information content (AvgIpc) is 3.27. The summed E-state index contributed by atoms with van der Waals surface area (Å²) >= 11 is 0. The number of nitrogens with one attached hydrogen (secondary N) is 1. The van der Waals surface area contributed by atoms with Crippen molar-refractivity contribution < 1.29 is 5.11 Å². The van der Waals surface area contributed by atoms with E-state index >= 15 is 0 Å². The number of phenolic OH excluding ortho intramolecular Hbond substituents is 1. The molecule has 0 saturated heterocycles. The van der Waals surface area contributed by atoms with Gasteiger partial charge in [0, 0.05) is 18.2 Å². The molecular weight excluding hydrogens is 234 g/mol. The summed E-state index contributed by atoms with van der Waals surface area (Å²) < 4.78 is 0. The zero-order valence-corrected chi connectivity index (χ0v) is 10.9. The number of phenols is 1. The standard InChI is InChI=1S/C17H19NO/c19-16-9-5-4-8-15(16)12-18-17(14-10-11-14)13-6-2-1-3-7-13/h1-9,14,17-19H,10-12H2. The number of para-hydroxylation sites is 1. The minimum atomic E-state index is 0.373. The molecule has 2 N–H and O–H groups in total. The smallest absolute Gasteiger partial charge is 0.120 e. The van der Waals surface area contributed by atoms with Crippen LogP contribution in [0.1, 0.15) is 30.0 Å².